The van der Waals surface area contributed by atoms with Gasteiger partial charge in [-0.25, -0.2) is 9.78 Å². The number of ketones is 1. The molecular weight excluding hydrogens is 476 g/mol. The Morgan fingerprint density at radius 2 is 1.89 bits per heavy atom. The smallest absolute Gasteiger partial charge is 0.355 e. The number of aliphatic hydroxyl groups is 1. The second kappa shape index (κ2) is 10.7. The molecule has 1 amide bonds. The van der Waals surface area contributed by atoms with Crippen LogP contribution in [0.5, 0.6) is 5.75 Å². The zero-order valence-electron chi connectivity index (χ0n) is 21.3. The third-order valence-electron chi connectivity index (χ3n) is 6.50. The molecule has 1 aliphatic rings. The molecule has 1 fully saturated rings. The number of H-pyrrole nitrogens is 1. The van der Waals surface area contributed by atoms with E-state index in [0.717, 1.165) is 0 Å². The van der Waals surface area contributed by atoms with Gasteiger partial charge in [0.1, 0.15) is 17.2 Å². The number of hydrogen-bond donors (Lipinski definition) is 2. The standard InChI is InChI=1S/C27H30N4O6/c1-5-37-27(35)22-16(2)20(17(3)29-22)24(32)21-23(18-7-9-19(36-4)10-8-18)31(26(34)25(21)33)13-6-12-30-14-11-28-15-30/h7-11,14-15,23,29,32H,5-6,12-13H2,1-4H3/b24-21+/t23-/m0/s1. The molecule has 194 valence electrons. The van der Waals surface area contributed by atoms with E-state index in [1.54, 1.807) is 64.7 Å². The Hall–Kier alpha value is -4.34. The number of likely N-dealkylation sites (tertiary alicyclic amines) is 1. The fraction of sp³-hybridized carbons (Fsp3) is 0.333. The third-order valence-corrected chi connectivity index (χ3v) is 6.50. The van der Waals surface area contributed by atoms with Gasteiger partial charge in [-0.3, -0.25) is 9.59 Å². The minimum absolute atomic E-state index is 0.0293. The number of amides is 1. The van der Waals surface area contributed by atoms with Gasteiger partial charge >= 0.3 is 5.97 Å². The highest BCUT2D eigenvalue weighted by molar-refractivity contribution is 6.46. The summed E-state index contributed by atoms with van der Waals surface area (Å²) in [6, 6.07) is 6.21. The maximum absolute atomic E-state index is 13.3. The number of aromatic nitrogens is 3. The van der Waals surface area contributed by atoms with Crippen molar-refractivity contribution in [1.29, 1.82) is 0 Å². The number of carbonyl (C=O) groups excluding carboxylic acids is 3. The number of hydrogen-bond acceptors (Lipinski definition) is 7. The molecular formula is C27H30N4O6. The lowest BCUT2D eigenvalue weighted by Gasteiger charge is -2.25. The summed E-state index contributed by atoms with van der Waals surface area (Å²) >= 11 is 0. The van der Waals surface area contributed by atoms with Gasteiger partial charge in [-0.15, -0.1) is 0 Å². The fourth-order valence-electron chi connectivity index (χ4n) is 4.73. The average Bonchev–Trinajstić information content (AvgIpc) is 3.57. The van der Waals surface area contributed by atoms with Crippen molar-refractivity contribution < 1.29 is 29.0 Å². The number of benzene rings is 1. The number of aromatic amines is 1. The molecule has 2 aromatic heterocycles. The molecule has 0 unspecified atom stereocenters. The zero-order chi connectivity index (χ0) is 26.7. The second-order valence-corrected chi connectivity index (χ2v) is 8.77. The molecule has 0 bridgehead atoms. The van der Waals surface area contributed by atoms with Crippen molar-refractivity contribution in [3.05, 3.63) is 76.6 Å². The molecule has 0 aliphatic carbocycles. The van der Waals surface area contributed by atoms with Crippen molar-refractivity contribution in [1.82, 2.24) is 19.4 Å². The first-order valence-corrected chi connectivity index (χ1v) is 12.0. The van der Waals surface area contributed by atoms with E-state index in [1.165, 1.54) is 4.90 Å². The van der Waals surface area contributed by atoms with Crippen LogP contribution in [0.4, 0.5) is 0 Å². The normalized spacial score (nSPS) is 16.9. The van der Waals surface area contributed by atoms with Crippen molar-refractivity contribution in [3.63, 3.8) is 0 Å². The first-order valence-electron chi connectivity index (χ1n) is 12.0. The number of esters is 1. The summed E-state index contributed by atoms with van der Waals surface area (Å²) in [5, 5.41) is 11.5. The number of methoxy groups -OCH3 is 1. The molecule has 3 aromatic rings. The van der Waals surface area contributed by atoms with Crippen LogP contribution in [0.1, 0.15) is 52.3 Å². The van der Waals surface area contributed by atoms with E-state index in [0.29, 0.717) is 41.1 Å². The number of aryl methyl sites for hydroxylation is 2. The highest BCUT2D eigenvalue weighted by atomic mass is 16.5. The van der Waals surface area contributed by atoms with E-state index in [2.05, 4.69) is 9.97 Å². The number of nitrogens with zero attached hydrogens (tertiary/aromatic N) is 3. The number of ether oxygens (including phenoxy) is 2. The van der Waals surface area contributed by atoms with Crippen LogP contribution in [0.3, 0.4) is 0 Å². The van der Waals surface area contributed by atoms with Gasteiger partial charge in [-0.1, -0.05) is 12.1 Å². The van der Waals surface area contributed by atoms with Gasteiger partial charge in [0.2, 0.25) is 0 Å². The van der Waals surface area contributed by atoms with Crippen molar-refractivity contribution in [2.75, 3.05) is 20.3 Å². The Kier molecular flexibility index (Phi) is 7.47. The maximum Gasteiger partial charge on any atom is 0.355 e. The summed E-state index contributed by atoms with van der Waals surface area (Å²) in [5.74, 6) is -1.74. The molecule has 3 heterocycles. The third kappa shape index (κ3) is 4.87. The number of Topliss-reactive ketones (excluding diaryl/α,β-unsaturated/α-hetero) is 1. The number of rotatable bonds is 9. The summed E-state index contributed by atoms with van der Waals surface area (Å²) in [6.45, 7) is 6.14. The van der Waals surface area contributed by atoms with E-state index in [9.17, 15) is 19.5 Å². The summed E-state index contributed by atoms with van der Waals surface area (Å²) in [7, 11) is 1.55. The lowest BCUT2D eigenvalue weighted by atomic mass is 9.94. The predicted octanol–water partition coefficient (Wildman–Crippen LogP) is 3.53. The van der Waals surface area contributed by atoms with Crippen LogP contribution in [-0.2, 0) is 20.9 Å². The van der Waals surface area contributed by atoms with Crippen molar-refractivity contribution in [2.24, 2.45) is 0 Å². The first-order chi connectivity index (χ1) is 17.8. The minimum atomic E-state index is -0.812. The molecule has 37 heavy (non-hydrogen) atoms. The molecule has 4 rings (SSSR count). The highest BCUT2D eigenvalue weighted by Crippen LogP contribution is 2.41. The van der Waals surface area contributed by atoms with Crippen LogP contribution in [-0.4, -0.2) is 62.5 Å². The molecule has 1 atom stereocenters. The van der Waals surface area contributed by atoms with E-state index >= 15 is 0 Å². The monoisotopic (exact) mass is 506 g/mol. The molecule has 1 saturated heterocycles. The Balaban J connectivity index is 1.78. The van der Waals surface area contributed by atoms with Gasteiger partial charge in [0.25, 0.3) is 11.7 Å². The van der Waals surface area contributed by atoms with E-state index in [-0.39, 0.29) is 30.2 Å². The van der Waals surface area contributed by atoms with Crippen molar-refractivity contribution >= 4 is 23.4 Å². The number of imidazole rings is 1. The van der Waals surface area contributed by atoms with Crippen LogP contribution in [0, 0.1) is 13.8 Å². The molecule has 2 N–H and O–H groups in total. The molecule has 1 aliphatic heterocycles. The summed E-state index contributed by atoms with van der Waals surface area (Å²) in [5.41, 5.74) is 2.04. The summed E-state index contributed by atoms with van der Waals surface area (Å²) in [6.07, 6.45) is 5.77. The maximum atomic E-state index is 13.3. The number of aliphatic hydroxyl groups excluding tert-OH is 1. The van der Waals surface area contributed by atoms with E-state index < -0.39 is 23.7 Å². The molecule has 1 aromatic carbocycles. The lowest BCUT2D eigenvalue weighted by Crippen LogP contribution is -2.31. The molecule has 10 nitrogen and oxygen atoms in total. The largest absolute Gasteiger partial charge is 0.507 e. The van der Waals surface area contributed by atoms with Gasteiger partial charge in [0, 0.05) is 36.7 Å². The van der Waals surface area contributed by atoms with Gasteiger partial charge in [-0.2, -0.15) is 0 Å². The first kappa shape index (κ1) is 25.7. The Morgan fingerprint density at radius 1 is 1.16 bits per heavy atom. The molecule has 10 heteroatoms. The predicted molar refractivity (Wildman–Crippen MR) is 135 cm³/mol. The summed E-state index contributed by atoms with van der Waals surface area (Å²) < 4.78 is 12.3. The highest BCUT2D eigenvalue weighted by Gasteiger charge is 2.46. The Bertz CT molecular complexity index is 1340. The van der Waals surface area contributed by atoms with Crippen LogP contribution < -0.4 is 4.74 Å². The van der Waals surface area contributed by atoms with Crippen LogP contribution in [0.25, 0.3) is 5.76 Å². The summed E-state index contributed by atoms with van der Waals surface area (Å²) in [4.78, 5) is 47.4. The fourth-order valence-corrected chi connectivity index (χ4v) is 4.73. The SMILES string of the molecule is CCOC(=O)c1[nH]c(C)c(/C(O)=C2\C(=O)C(=O)N(CCCn3ccnc3)[C@H]2c2ccc(OC)cc2)c1C. The van der Waals surface area contributed by atoms with Crippen LogP contribution in [0.15, 0.2) is 48.6 Å². The van der Waals surface area contributed by atoms with Crippen LogP contribution in [0.2, 0.25) is 0 Å². The second-order valence-electron chi connectivity index (χ2n) is 8.77. The van der Waals surface area contributed by atoms with Gasteiger partial charge in [0.05, 0.1) is 31.7 Å². The molecule has 0 saturated carbocycles. The van der Waals surface area contributed by atoms with Gasteiger partial charge < -0.3 is 29.0 Å². The van der Waals surface area contributed by atoms with Gasteiger partial charge in [-0.05, 0) is 50.5 Å². The van der Waals surface area contributed by atoms with E-state index in [1.807, 2.05) is 10.8 Å². The average molecular weight is 507 g/mol. The van der Waals surface area contributed by atoms with E-state index in [4.69, 9.17) is 9.47 Å². The molecule has 0 spiro atoms. The van der Waals surface area contributed by atoms with Crippen molar-refractivity contribution in [3.8, 4) is 5.75 Å². The number of nitrogens with one attached hydrogen (secondary N) is 1. The Morgan fingerprint density at radius 3 is 2.51 bits per heavy atom. The molecule has 0 radical (unpaired) electrons. The topological polar surface area (TPSA) is 127 Å². The lowest BCUT2D eigenvalue weighted by molar-refractivity contribution is -0.139. The zero-order valence-corrected chi connectivity index (χ0v) is 21.3. The number of carbonyl (C=O) groups is 3. The quantitative estimate of drug-likeness (QED) is 0.197. The van der Waals surface area contributed by atoms with Crippen molar-refractivity contribution in [2.45, 2.75) is 39.8 Å². The van der Waals surface area contributed by atoms with Crippen LogP contribution >= 0.6 is 0 Å². The minimum Gasteiger partial charge on any atom is -0.507 e. The Labute approximate surface area is 214 Å². The van der Waals surface area contributed by atoms with Gasteiger partial charge in [0.15, 0.2) is 0 Å².